The molecule has 24 heavy (non-hydrogen) atoms. The molecule has 0 fully saturated rings. The van der Waals surface area contributed by atoms with E-state index in [4.69, 9.17) is 14.2 Å². The van der Waals surface area contributed by atoms with Crippen molar-refractivity contribution in [2.75, 3.05) is 20.4 Å². The first kappa shape index (κ1) is 17.4. The number of fused-ring (bicyclic) bond motifs is 2. The molecule has 0 spiro atoms. The van der Waals surface area contributed by atoms with Crippen molar-refractivity contribution in [3.63, 3.8) is 0 Å². The van der Waals surface area contributed by atoms with Gasteiger partial charge in [0.2, 0.25) is 6.79 Å². The van der Waals surface area contributed by atoms with E-state index in [2.05, 4.69) is 45.5 Å². The minimum atomic E-state index is 0. The van der Waals surface area contributed by atoms with E-state index in [1.54, 1.807) is 7.11 Å². The summed E-state index contributed by atoms with van der Waals surface area (Å²) in [6.45, 7) is 1.30. The number of benzene rings is 2. The quantitative estimate of drug-likeness (QED) is 0.826. The molecule has 1 N–H and O–H groups in total. The van der Waals surface area contributed by atoms with Gasteiger partial charge in [0.1, 0.15) is 5.75 Å². The van der Waals surface area contributed by atoms with Crippen molar-refractivity contribution in [3.05, 3.63) is 51.5 Å². The van der Waals surface area contributed by atoms with Crippen molar-refractivity contribution in [3.8, 4) is 17.2 Å². The zero-order valence-electron chi connectivity index (χ0n) is 13.3. The van der Waals surface area contributed by atoms with Crippen LogP contribution in [0.2, 0.25) is 0 Å². The molecular weight excluding hydrogens is 394 g/mol. The van der Waals surface area contributed by atoms with Crippen molar-refractivity contribution >= 4 is 28.3 Å². The third-order valence-electron chi connectivity index (χ3n) is 4.45. The number of halogens is 2. The molecule has 1 atom stereocenters. The average molecular weight is 413 g/mol. The molecule has 2 aliphatic heterocycles. The summed E-state index contributed by atoms with van der Waals surface area (Å²) in [5, 5.41) is 3.62. The van der Waals surface area contributed by atoms with E-state index in [0.717, 1.165) is 41.1 Å². The van der Waals surface area contributed by atoms with Gasteiger partial charge in [-0.1, -0.05) is 6.07 Å². The van der Waals surface area contributed by atoms with E-state index in [1.807, 2.05) is 6.07 Å². The molecule has 4 nitrogen and oxygen atoms in total. The minimum absolute atomic E-state index is 0. The predicted molar refractivity (Wildman–Crippen MR) is 98.7 cm³/mol. The lowest BCUT2D eigenvalue weighted by Gasteiger charge is -2.27. The fourth-order valence-electron chi connectivity index (χ4n) is 3.29. The highest BCUT2D eigenvalue weighted by molar-refractivity contribution is 9.10. The predicted octanol–water partition coefficient (Wildman–Crippen LogP) is 4.04. The van der Waals surface area contributed by atoms with Gasteiger partial charge >= 0.3 is 0 Å². The highest BCUT2D eigenvalue weighted by Gasteiger charge is 2.25. The lowest BCUT2D eigenvalue weighted by Crippen LogP contribution is -2.31. The highest BCUT2D eigenvalue weighted by atomic mass is 79.9. The second kappa shape index (κ2) is 7.21. The van der Waals surface area contributed by atoms with Gasteiger partial charge in [0.15, 0.2) is 11.5 Å². The Morgan fingerprint density at radius 1 is 1.21 bits per heavy atom. The second-order valence-corrected chi connectivity index (χ2v) is 6.69. The number of rotatable bonds is 3. The van der Waals surface area contributed by atoms with E-state index in [1.165, 1.54) is 16.7 Å². The Hall–Kier alpha value is -1.43. The van der Waals surface area contributed by atoms with Gasteiger partial charge in [-0.15, -0.1) is 12.4 Å². The van der Waals surface area contributed by atoms with Crippen molar-refractivity contribution < 1.29 is 14.2 Å². The molecule has 6 heteroatoms. The number of methoxy groups -OCH3 is 1. The molecule has 1 unspecified atom stereocenters. The molecule has 0 radical (unpaired) electrons. The lowest BCUT2D eigenvalue weighted by molar-refractivity contribution is 0.174. The van der Waals surface area contributed by atoms with Gasteiger partial charge in [0.25, 0.3) is 0 Å². The van der Waals surface area contributed by atoms with Gasteiger partial charge in [0.05, 0.1) is 11.6 Å². The van der Waals surface area contributed by atoms with Gasteiger partial charge < -0.3 is 19.5 Å². The van der Waals surface area contributed by atoms with E-state index < -0.39 is 0 Å². The zero-order valence-corrected chi connectivity index (χ0v) is 15.7. The van der Waals surface area contributed by atoms with Crippen LogP contribution in [0.25, 0.3) is 0 Å². The molecule has 2 aliphatic rings. The number of nitrogens with one attached hydrogen (secondary N) is 1. The topological polar surface area (TPSA) is 39.7 Å². The summed E-state index contributed by atoms with van der Waals surface area (Å²) in [6.07, 6.45) is 1.95. The van der Waals surface area contributed by atoms with Crippen molar-refractivity contribution in [2.24, 2.45) is 0 Å². The highest BCUT2D eigenvalue weighted by Crippen LogP contribution is 2.39. The van der Waals surface area contributed by atoms with Crippen LogP contribution in [0.3, 0.4) is 0 Å². The van der Waals surface area contributed by atoms with Crippen LogP contribution >= 0.6 is 28.3 Å². The average Bonchev–Trinajstić information content (AvgIpc) is 3.01. The molecule has 2 aromatic rings. The van der Waals surface area contributed by atoms with Gasteiger partial charge in [-0.3, -0.25) is 0 Å². The van der Waals surface area contributed by atoms with Crippen molar-refractivity contribution in [2.45, 2.75) is 18.9 Å². The molecule has 0 amide bonds. The molecule has 0 saturated carbocycles. The summed E-state index contributed by atoms with van der Waals surface area (Å²) in [5.74, 6) is 2.58. The fraction of sp³-hybridized carbons (Fsp3) is 0.333. The molecule has 0 aromatic heterocycles. The maximum absolute atomic E-state index is 5.54. The summed E-state index contributed by atoms with van der Waals surface area (Å²) in [7, 11) is 1.68. The van der Waals surface area contributed by atoms with Gasteiger partial charge in [0, 0.05) is 6.04 Å². The van der Waals surface area contributed by atoms with Crippen molar-refractivity contribution in [1.82, 2.24) is 5.32 Å². The van der Waals surface area contributed by atoms with Crippen LogP contribution < -0.4 is 19.5 Å². The smallest absolute Gasteiger partial charge is 0.231 e. The van der Waals surface area contributed by atoms with Crippen LogP contribution in [0.5, 0.6) is 17.2 Å². The first-order chi connectivity index (χ1) is 11.2. The van der Waals surface area contributed by atoms with Crippen LogP contribution in [-0.2, 0) is 12.8 Å². The molecule has 2 aromatic carbocycles. The first-order valence-corrected chi connectivity index (χ1v) is 8.52. The molecule has 0 bridgehead atoms. The fourth-order valence-corrected chi connectivity index (χ4v) is 3.87. The van der Waals surface area contributed by atoms with Crippen LogP contribution in [0.4, 0.5) is 0 Å². The molecule has 0 aliphatic carbocycles. The normalized spacial score (nSPS) is 17.8. The Balaban J connectivity index is 0.00000169. The first-order valence-electron chi connectivity index (χ1n) is 7.73. The third-order valence-corrected chi connectivity index (χ3v) is 5.07. The summed E-state index contributed by atoms with van der Waals surface area (Å²) in [6, 6.07) is 10.8. The molecule has 2 heterocycles. The van der Waals surface area contributed by atoms with Crippen LogP contribution in [0.15, 0.2) is 34.8 Å². The number of hydrogen-bond acceptors (Lipinski definition) is 4. The summed E-state index contributed by atoms with van der Waals surface area (Å²) in [5.41, 5.74) is 3.93. The monoisotopic (exact) mass is 411 g/mol. The maximum Gasteiger partial charge on any atom is 0.231 e. The van der Waals surface area contributed by atoms with Gasteiger partial charge in [-0.2, -0.15) is 0 Å². The maximum atomic E-state index is 5.54. The summed E-state index contributed by atoms with van der Waals surface area (Å²) >= 11 is 3.56. The van der Waals surface area contributed by atoms with E-state index >= 15 is 0 Å². The standard InChI is InChI=1S/C18H18BrNO3.ClH/c1-21-16-3-2-11(6-14(16)19)7-15-13-9-18-17(22-10-23-18)8-12(13)4-5-20-15;/h2-3,6,8-9,15,20H,4-5,7,10H2,1H3;1H. The summed E-state index contributed by atoms with van der Waals surface area (Å²) < 4.78 is 17.3. The van der Waals surface area contributed by atoms with Gasteiger partial charge in [-0.25, -0.2) is 0 Å². The molecular formula is C18H19BrClNO3. The van der Waals surface area contributed by atoms with E-state index in [9.17, 15) is 0 Å². The Kier molecular flexibility index (Phi) is 5.23. The third kappa shape index (κ3) is 3.21. The second-order valence-electron chi connectivity index (χ2n) is 5.83. The lowest BCUT2D eigenvalue weighted by atomic mass is 9.90. The Morgan fingerprint density at radius 3 is 2.75 bits per heavy atom. The largest absolute Gasteiger partial charge is 0.496 e. The molecule has 128 valence electrons. The Labute approximate surface area is 156 Å². The van der Waals surface area contributed by atoms with Crippen LogP contribution in [0.1, 0.15) is 22.7 Å². The zero-order chi connectivity index (χ0) is 15.8. The Bertz CT molecular complexity index is 753. The summed E-state index contributed by atoms with van der Waals surface area (Å²) in [4.78, 5) is 0. The molecule has 4 rings (SSSR count). The van der Waals surface area contributed by atoms with Crippen LogP contribution in [-0.4, -0.2) is 20.4 Å². The van der Waals surface area contributed by atoms with Gasteiger partial charge in [-0.05, 0) is 76.3 Å². The number of hydrogen-bond donors (Lipinski definition) is 1. The SMILES string of the molecule is COc1ccc(CC2NCCc3cc4c(cc32)OCO4)cc1Br.Cl. The molecule has 0 saturated heterocycles. The van der Waals surface area contributed by atoms with E-state index in [0.29, 0.717) is 6.79 Å². The minimum Gasteiger partial charge on any atom is -0.496 e. The number of ether oxygens (including phenoxy) is 3. The van der Waals surface area contributed by atoms with E-state index in [-0.39, 0.29) is 18.4 Å². The van der Waals surface area contributed by atoms with Crippen molar-refractivity contribution in [1.29, 1.82) is 0 Å². The van der Waals surface area contributed by atoms with Crippen LogP contribution in [0, 0.1) is 0 Å². The Morgan fingerprint density at radius 2 is 2.00 bits per heavy atom.